The maximum absolute atomic E-state index is 12.2. The maximum Gasteiger partial charge on any atom is 0.236 e. The fraction of sp³-hybridized carbons (Fsp3) is 0.471. The van der Waals surface area contributed by atoms with Crippen LogP contribution in [0, 0.1) is 6.92 Å². The first-order chi connectivity index (χ1) is 13.1. The maximum atomic E-state index is 12.2. The van der Waals surface area contributed by atoms with Crippen LogP contribution in [-0.2, 0) is 24.2 Å². The van der Waals surface area contributed by atoms with Crippen LogP contribution in [0.5, 0.6) is 0 Å². The number of nitrogens with zero attached hydrogens (tertiary/aromatic N) is 5. The Labute approximate surface area is 170 Å². The largest absolute Gasteiger partial charge is 0.302 e. The predicted molar refractivity (Wildman–Crippen MR) is 112 cm³/mol. The van der Waals surface area contributed by atoms with Gasteiger partial charge in [0, 0.05) is 22.4 Å². The molecule has 3 aromatic heterocycles. The normalized spacial score (nSPS) is 11.1. The molecule has 1 amide bonds. The van der Waals surface area contributed by atoms with E-state index in [0.29, 0.717) is 5.13 Å². The standard InChI is InChI=1S/C17H22N6OS3/c1-5-11-10(4)25-8-12(11)15-20-22-17(23(15)7-3)26-9-13(24)18-16-21-19-14(6-2)27-16/h8H,5-7,9H2,1-4H3,(H,18,21,24). The Kier molecular flexibility index (Phi) is 6.61. The fourth-order valence-corrected chi connectivity index (χ4v) is 5.16. The van der Waals surface area contributed by atoms with Gasteiger partial charge >= 0.3 is 0 Å². The van der Waals surface area contributed by atoms with Gasteiger partial charge in [-0.25, -0.2) is 0 Å². The summed E-state index contributed by atoms with van der Waals surface area (Å²) in [5.74, 6) is 1.01. The quantitative estimate of drug-likeness (QED) is 0.551. The van der Waals surface area contributed by atoms with Gasteiger partial charge in [0.25, 0.3) is 0 Å². The van der Waals surface area contributed by atoms with Gasteiger partial charge in [-0.3, -0.25) is 10.1 Å². The zero-order chi connectivity index (χ0) is 19.4. The molecular weight excluding hydrogens is 400 g/mol. The van der Waals surface area contributed by atoms with Crippen LogP contribution < -0.4 is 5.32 Å². The van der Waals surface area contributed by atoms with Crippen LogP contribution in [-0.4, -0.2) is 36.6 Å². The highest BCUT2D eigenvalue weighted by Crippen LogP contribution is 2.32. The molecule has 3 rings (SSSR count). The monoisotopic (exact) mass is 422 g/mol. The second-order valence-corrected chi connectivity index (χ2v) is 8.87. The Bertz CT molecular complexity index is 929. The molecule has 1 N–H and O–H groups in total. The van der Waals surface area contributed by atoms with Crippen molar-refractivity contribution in [1.82, 2.24) is 25.0 Å². The molecule has 0 atom stereocenters. The van der Waals surface area contributed by atoms with Gasteiger partial charge in [-0.05, 0) is 32.3 Å². The van der Waals surface area contributed by atoms with Crippen molar-refractivity contribution in [3.8, 4) is 11.4 Å². The highest BCUT2D eigenvalue weighted by molar-refractivity contribution is 7.99. The highest BCUT2D eigenvalue weighted by Gasteiger charge is 2.19. The molecule has 10 heteroatoms. The lowest BCUT2D eigenvalue weighted by atomic mass is 10.1. The van der Waals surface area contributed by atoms with Crippen molar-refractivity contribution >= 4 is 45.5 Å². The van der Waals surface area contributed by atoms with Gasteiger partial charge in [-0.15, -0.1) is 31.7 Å². The van der Waals surface area contributed by atoms with Crippen LogP contribution in [0.2, 0.25) is 0 Å². The number of thiophene rings is 1. The number of rotatable bonds is 8. The third-order valence-electron chi connectivity index (χ3n) is 4.08. The first-order valence-electron chi connectivity index (χ1n) is 8.82. The van der Waals surface area contributed by atoms with Crippen LogP contribution in [0.1, 0.15) is 36.2 Å². The molecule has 7 nitrogen and oxygen atoms in total. The summed E-state index contributed by atoms with van der Waals surface area (Å²) in [6, 6.07) is 0. The van der Waals surface area contributed by atoms with Gasteiger partial charge < -0.3 is 4.57 Å². The zero-order valence-electron chi connectivity index (χ0n) is 15.8. The molecule has 27 heavy (non-hydrogen) atoms. The number of anilines is 1. The molecule has 0 saturated carbocycles. The summed E-state index contributed by atoms with van der Waals surface area (Å²) in [4.78, 5) is 13.5. The lowest BCUT2D eigenvalue weighted by Crippen LogP contribution is -2.14. The Balaban J connectivity index is 1.70. The SMILES string of the molecule is CCc1nnc(NC(=O)CSc2nnc(-c3csc(C)c3CC)n2CC)s1. The molecule has 0 unspecified atom stereocenters. The predicted octanol–water partition coefficient (Wildman–Crippen LogP) is 4.04. The minimum absolute atomic E-state index is 0.119. The minimum atomic E-state index is -0.119. The molecule has 0 radical (unpaired) electrons. The smallest absolute Gasteiger partial charge is 0.236 e. The number of aromatic nitrogens is 5. The summed E-state index contributed by atoms with van der Waals surface area (Å²) in [6.07, 6.45) is 1.78. The van der Waals surface area contributed by atoms with Crippen LogP contribution in [0.4, 0.5) is 5.13 Å². The van der Waals surface area contributed by atoms with E-state index in [2.05, 4.69) is 56.4 Å². The summed E-state index contributed by atoms with van der Waals surface area (Å²) in [6.45, 7) is 9.12. The van der Waals surface area contributed by atoms with Crippen molar-refractivity contribution in [2.45, 2.75) is 52.2 Å². The van der Waals surface area contributed by atoms with E-state index in [9.17, 15) is 4.79 Å². The molecule has 3 heterocycles. The van der Waals surface area contributed by atoms with Crippen molar-refractivity contribution in [3.63, 3.8) is 0 Å². The van der Waals surface area contributed by atoms with Crippen molar-refractivity contribution in [3.05, 3.63) is 20.8 Å². The number of amides is 1. The summed E-state index contributed by atoms with van der Waals surface area (Å²) in [5.41, 5.74) is 2.46. The van der Waals surface area contributed by atoms with Gasteiger partial charge in [-0.2, -0.15) is 0 Å². The Hall–Kier alpha value is -1.78. The Morgan fingerprint density at radius 2 is 2.00 bits per heavy atom. The van der Waals surface area contributed by atoms with Crippen LogP contribution in [0.25, 0.3) is 11.4 Å². The van der Waals surface area contributed by atoms with Gasteiger partial charge in [-0.1, -0.05) is 36.9 Å². The number of carbonyl (C=O) groups excluding carboxylic acids is 1. The summed E-state index contributed by atoms with van der Waals surface area (Å²) in [5, 5.41) is 23.8. The van der Waals surface area contributed by atoms with E-state index in [1.165, 1.54) is 33.5 Å². The third kappa shape index (κ3) is 4.39. The first kappa shape index (κ1) is 20.0. The van der Waals surface area contributed by atoms with Crippen molar-refractivity contribution in [1.29, 1.82) is 0 Å². The molecule has 0 fully saturated rings. The topological polar surface area (TPSA) is 85.6 Å². The van der Waals surface area contributed by atoms with E-state index in [0.717, 1.165) is 40.9 Å². The van der Waals surface area contributed by atoms with Gasteiger partial charge in [0.1, 0.15) is 5.01 Å². The first-order valence-corrected chi connectivity index (χ1v) is 11.5. The zero-order valence-corrected chi connectivity index (χ0v) is 18.2. The molecule has 0 aliphatic heterocycles. The molecule has 0 bridgehead atoms. The van der Waals surface area contributed by atoms with Gasteiger partial charge in [0.05, 0.1) is 5.75 Å². The summed E-state index contributed by atoms with van der Waals surface area (Å²) in [7, 11) is 0. The molecule has 0 spiro atoms. The van der Waals surface area contributed by atoms with E-state index >= 15 is 0 Å². The highest BCUT2D eigenvalue weighted by atomic mass is 32.2. The minimum Gasteiger partial charge on any atom is -0.302 e. The fourth-order valence-electron chi connectivity index (χ4n) is 2.72. The van der Waals surface area contributed by atoms with E-state index in [1.807, 2.05) is 6.92 Å². The average molecular weight is 423 g/mol. The molecule has 0 saturated heterocycles. The van der Waals surface area contributed by atoms with E-state index < -0.39 is 0 Å². The second-order valence-electron chi connectivity index (χ2n) is 5.78. The molecule has 0 aromatic carbocycles. The van der Waals surface area contributed by atoms with Crippen LogP contribution in [0.15, 0.2) is 10.5 Å². The van der Waals surface area contributed by atoms with Gasteiger partial charge in [0.2, 0.25) is 11.0 Å². The number of carbonyl (C=O) groups is 1. The molecular formula is C17H22N6OS3. The average Bonchev–Trinajstić information content (AvgIpc) is 3.37. The molecule has 3 aromatic rings. The number of hydrogen-bond donors (Lipinski definition) is 1. The number of hydrogen-bond acceptors (Lipinski definition) is 8. The van der Waals surface area contributed by atoms with E-state index in [4.69, 9.17) is 0 Å². The summed E-state index contributed by atoms with van der Waals surface area (Å²) >= 11 is 4.53. The Morgan fingerprint density at radius 1 is 1.19 bits per heavy atom. The van der Waals surface area contributed by atoms with Crippen molar-refractivity contribution in [2.24, 2.45) is 0 Å². The number of nitrogens with one attached hydrogen (secondary N) is 1. The number of aryl methyl sites for hydroxylation is 2. The number of thioether (sulfide) groups is 1. The summed E-state index contributed by atoms with van der Waals surface area (Å²) < 4.78 is 2.07. The van der Waals surface area contributed by atoms with E-state index in [1.54, 1.807) is 11.3 Å². The lowest BCUT2D eigenvalue weighted by molar-refractivity contribution is -0.113. The molecule has 0 aliphatic carbocycles. The third-order valence-corrected chi connectivity index (χ3v) is 6.98. The lowest BCUT2D eigenvalue weighted by Gasteiger charge is -2.08. The van der Waals surface area contributed by atoms with Crippen molar-refractivity contribution < 1.29 is 4.79 Å². The second kappa shape index (κ2) is 8.94. The molecule has 144 valence electrons. The van der Waals surface area contributed by atoms with E-state index in [-0.39, 0.29) is 11.7 Å². The Morgan fingerprint density at radius 3 is 2.67 bits per heavy atom. The van der Waals surface area contributed by atoms with Gasteiger partial charge in [0.15, 0.2) is 11.0 Å². The molecule has 0 aliphatic rings. The van der Waals surface area contributed by atoms with Crippen LogP contribution in [0.3, 0.4) is 0 Å². The van der Waals surface area contributed by atoms with Crippen molar-refractivity contribution in [2.75, 3.05) is 11.1 Å². The van der Waals surface area contributed by atoms with Crippen LogP contribution >= 0.6 is 34.4 Å².